The van der Waals surface area contributed by atoms with Crippen molar-refractivity contribution in [2.24, 2.45) is 28.1 Å². The summed E-state index contributed by atoms with van der Waals surface area (Å²) < 4.78 is 41.6. The maximum atomic E-state index is 15.0. The third kappa shape index (κ3) is 24.1. The summed E-state index contributed by atoms with van der Waals surface area (Å²) in [5, 5.41) is 53.7. The quantitative estimate of drug-likeness (QED) is 0.0120. The molecule has 0 unspecified atom stereocenters. The van der Waals surface area contributed by atoms with Crippen LogP contribution in [0.25, 0.3) is 10.9 Å². The number of nitrogens with two attached hydrogens (primary N) is 3. The number of H-pyrrole nitrogens is 2. The van der Waals surface area contributed by atoms with E-state index < -0.39 is 169 Å². The van der Waals surface area contributed by atoms with E-state index in [4.69, 9.17) is 17.2 Å². The number of benzene rings is 3. The number of phenols is 1. The number of nitrogens with one attached hydrogen (secondary N) is 11. The van der Waals surface area contributed by atoms with Gasteiger partial charge < -0.3 is 95.2 Å². The predicted octanol–water partition coefficient (Wildman–Crippen LogP) is -1.67. The number of carbonyl (C=O) groups is 12. The van der Waals surface area contributed by atoms with E-state index in [1.807, 2.05) is 0 Å². The first-order valence-electron chi connectivity index (χ1n) is 32.0. The van der Waals surface area contributed by atoms with Crippen molar-refractivity contribution >= 4 is 87.8 Å². The Morgan fingerprint density at radius 3 is 1.73 bits per heavy atom. The maximum absolute atomic E-state index is 15.0. The van der Waals surface area contributed by atoms with Crippen molar-refractivity contribution in [3.63, 3.8) is 0 Å². The topological polar surface area (TPSA) is 512 Å². The zero-order valence-electron chi connectivity index (χ0n) is 55.0. The number of hydrogen-bond acceptors (Lipinski definition) is 16. The maximum Gasteiger partial charge on any atom is 0.416 e. The number of phenolic OH excluding ortho intramolecular Hbond substituents is 1. The number of amides is 11. The normalized spacial score (nSPS) is 15.2. The Morgan fingerprint density at radius 2 is 1.19 bits per heavy atom. The summed E-state index contributed by atoms with van der Waals surface area (Å²) in [5.41, 5.74) is 17.0. The molecular formula is C65H84F3N17O15. The van der Waals surface area contributed by atoms with Gasteiger partial charge in [-0.2, -0.15) is 13.2 Å². The molecule has 32 nitrogen and oxygen atoms in total. The minimum atomic E-state index is -4.79. The molecule has 9 atom stereocenters. The van der Waals surface area contributed by atoms with E-state index in [2.05, 4.69) is 67.8 Å². The molecule has 20 N–H and O–H groups in total. The van der Waals surface area contributed by atoms with Gasteiger partial charge in [0.25, 0.3) is 0 Å². The van der Waals surface area contributed by atoms with E-state index in [9.17, 15) is 86.0 Å². The molecule has 5 aromatic rings. The van der Waals surface area contributed by atoms with E-state index in [1.54, 1.807) is 44.3 Å². The van der Waals surface area contributed by atoms with Crippen LogP contribution in [0.2, 0.25) is 0 Å². The van der Waals surface area contributed by atoms with E-state index >= 15 is 0 Å². The predicted molar refractivity (Wildman–Crippen MR) is 353 cm³/mol. The van der Waals surface area contributed by atoms with Crippen LogP contribution in [0.3, 0.4) is 0 Å². The molecule has 0 saturated carbocycles. The Morgan fingerprint density at radius 1 is 0.660 bits per heavy atom. The molecule has 1 saturated heterocycles. The molecule has 3 heterocycles. The number of hydrogen-bond donors (Lipinski definition) is 17. The molecule has 1 aliphatic heterocycles. The summed E-state index contributed by atoms with van der Waals surface area (Å²) >= 11 is 0. The first-order valence-corrected chi connectivity index (χ1v) is 32.0. The number of aliphatic hydroxyl groups is 1. The molecule has 0 bridgehead atoms. The summed E-state index contributed by atoms with van der Waals surface area (Å²) in [6, 6.07) is 1.65. The van der Waals surface area contributed by atoms with Gasteiger partial charge in [0.2, 0.25) is 65.0 Å². The molecule has 0 spiro atoms. The van der Waals surface area contributed by atoms with Crippen molar-refractivity contribution in [1.82, 2.24) is 67.7 Å². The van der Waals surface area contributed by atoms with Crippen LogP contribution in [0.4, 0.5) is 13.2 Å². The number of para-hydroxylation sites is 1. The van der Waals surface area contributed by atoms with Crippen LogP contribution in [-0.2, 0) is 89.4 Å². The van der Waals surface area contributed by atoms with Crippen molar-refractivity contribution in [2.75, 3.05) is 26.2 Å². The monoisotopic (exact) mass is 1400 g/mol. The Hall–Kier alpha value is -11.1. The second-order valence-electron chi connectivity index (χ2n) is 24.4. The van der Waals surface area contributed by atoms with Crippen LogP contribution in [0.5, 0.6) is 5.75 Å². The van der Waals surface area contributed by atoms with Crippen LogP contribution in [0.1, 0.15) is 93.7 Å². The minimum absolute atomic E-state index is 0.00229. The summed E-state index contributed by atoms with van der Waals surface area (Å²) in [4.78, 5) is 180. The van der Waals surface area contributed by atoms with E-state index in [-0.39, 0.29) is 86.8 Å². The number of aromatic hydroxyl groups is 1. The zero-order chi connectivity index (χ0) is 73.4. The summed E-state index contributed by atoms with van der Waals surface area (Å²) in [6.07, 6.45) is -2.67. The minimum Gasteiger partial charge on any atom is -0.508 e. The third-order valence-electron chi connectivity index (χ3n) is 16.0. The highest BCUT2D eigenvalue weighted by molar-refractivity contribution is 5.99. The first kappa shape index (κ1) is 77.9. The number of aliphatic hydroxyl groups excluding tert-OH is 1. The van der Waals surface area contributed by atoms with Crippen molar-refractivity contribution < 1.29 is 86.0 Å². The third-order valence-corrected chi connectivity index (χ3v) is 16.0. The van der Waals surface area contributed by atoms with Gasteiger partial charge >= 0.3 is 12.1 Å². The molecule has 3 aromatic carbocycles. The molecule has 6 rings (SSSR count). The average Bonchev–Trinajstić information content (AvgIpc) is 1.59. The fourth-order valence-electron chi connectivity index (χ4n) is 11.0. The fraction of sp³-hybridized carbons (Fsp3) is 0.446. The number of carboxylic acid groups (broad SMARTS) is 1. The number of rotatable bonds is 37. The molecule has 11 amide bonds. The second-order valence-corrected chi connectivity index (χ2v) is 24.4. The van der Waals surface area contributed by atoms with Crippen molar-refractivity contribution in [1.29, 1.82) is 0 Å². The molecule has 0 radical (unpaired) electrons. The molecule has 1 fully saturated rings. The van der Waals surface area contributed by atoms with Gasteiger partial charge in [-0.15, -0.1) is 0 Å². The average molecular weight is 1400 g/mol. The van der Waals surface area contributed by atoms with Crippen LogP contribution in [-0.4, -0.2) is 193 Å². The van der Waals surface area contributed by atoms with Gasteiger partial charge in [0.1, 0.15) is 60.1 Å². The van der Waals surface area contributed by atoms with Crippen LogP contribution in [0, 0.1) is 5.92 Å². The molecule has 1 aliphatic rings. The number of nitrogens with zero attached hydrogens (tertiary/aromatic N) is 3. The lowest BCUT2D eigenvalue weighted by Gasteiger charge is -2.30. The number of alkyl halides is 3. The van der Waals surface area contributed by atoms with Gasteiger partial charge in [-0.3, -0.25) is 62.5 Å². The highest BCUT2D eigenvalue weighted by Gasteiger charge is 2.40. The number of aliphatic carboxylic acids is 1. The number of halogens is 3. The van der Waals surface area contributed by atoms with Gasteiger partial charge in [-0.25, -0.2) is 4.98 Å². The number of imidazole rings is 1. The van der Waals surface area contributed by atoms with Gasteiger partial charge in [0, 0.05) is 81.1 Å². The number of aromatic nitrogens is 3. The first-order chi connectivity index (χ1) is 47.4. The van der Waals surface area contributed by atoms with Crippen LogP contribution in [0.15, 0.2) is 96.5 Å². The fourth-order valence-corrected chi connectivity index (χ4v) is 11.0. The number of carbonyl (C=O) groups excluding carboxylic acids is 11. The largest absolute Gasteiger partial charge is 0.508 e. The summed E-state index contributed by atoms with van der Waals surface area (Å²) in [5.74, 6) is -12.5. The van der Waals surface area contributed by atoms with Crippen LogP contribution >= 0.6 is 0 Å². The lowest BCUT2D eigenvalue weighted by Crippen LogP contribution is -2.61. The summed E-state index contributed by atoms with van der Waals surface area (Å²) in [6.45, 7) is 2.90. The summed E-state index contributed by atoms with van der Waals surface area (Å²) in [7, 11) is 0. The lowest BCUT2D eigenvalue weighted by molar-refractivity contribution is -0.142. The standard InChI is InChI=1S/C65H84F3N17O15/c1-34(2)24-46(56(93)78-45(10-6-22-73-64(70)71)63(100)85-23-7-11-52(85)62(99)75-31-53(69)89)79-57(94)47(25-36-12-16-39(17-13-36)65(66,67)68)80-58(95)48(26-37-14-18-41(88)19-15-37)81-61(98)51(32-86)84-59(96)49(27-38-29-74-43-9-5-4-8-42(38)43)82-60(97)50(28-40-30-72-33-76-40)83-55(92)44(77-35(3)87)20-21-54(90)91/h4-5,8-9,12-19,29-30,33-34,44-52,74,86,88H,6-7,10-11,20-28,31-32H2,1-3H3,(H2,69,89)(H,72,76)(H,75,99)(H,77,87)(H,78,93)(H,79,94)(H,80,95)(H,81,98)(H,82,97)(H,83,92)(H,84,96)(H,90,91)(H4,70,71,73)/t44-,45-,46-,47+,48-,49-,50-,51-,52-/m0/s1. The number of fused-ring (bicyclic) bond motifs is 1. The van der Waals surface area contributed by atoms with Crippen molar-refractivity contribution in [3.05, 3.63) is 119 Å². The molecule has 540 valence electrons. The van der Waals surface area contributed by atoms with Crippen molar-refractivity contribution in [2.45, 2.75) is 152 Å². The number of guanidine groups is 1. The lowest BCUT2D eigenvalue weighted by atomic mass is 9.99. The number of aromatic amines is 2. The smallest absolute Gasteiger partial charge is 0.416 e. The van der Waals surface area contributed by atoms with Crippen LogP contribution < -0.4 is 65.1 Å². The Labute approximate surface area is 571 Å². The van der Waals surface area contributed by atoms with E-state index in [0.29, 0.717) is 28.6 Å². The molecule has 35 heteroatoms. The number of aliphatic imine (C=N–C) groups is 1. The number of carboxylic acids is 1. The zero-order valence-corrected chi connectivity index (χ0v) is 55.0. The highest BCUT2D eigenvalue weighted by Crippen LogP contribution is 2.30. The number of primary amides is 1. The van der Waals surface area contributed by atoms with Gasteiger partial charge in [0.15, 0.2) is 5.96 Å². The Kier molecular flexibility index (Phi) is 28.8. The molecule has 0 aliphatic carbocycles. The Bertz CT molecular complexity index is 3720. The highest BCUT2D eigenvalue weighted by atomic mass is 19.4. The van der Waals surface area contributed by atoms with E-state index in [1.165, 1.54) is 41.7 Å². The molecule has 100 heavy (non-hydrogen) atoms. The van der Waals surface area contributed by atoms with Gasteiger partial charge in [-0.05, 0) is 91.5 Å². The second kappa shape index (κ2) is 37.0. The van der Waals surface area contributed by atoms with Gasteiger partial charge in [0.05, 0.1) is 25.0 Å². The SMILES string of the molecule is CC(=O)N[C@@H](CCC(=O)O)C(=O)N[C@@H](Cc1cnc[nH]1)C(=O)N[C@@H](Cc1c[nH]c2ccccc12)C(=O)N[C@@H](CO)C(=O)N[C@@H](Cc1ccc(O)cc1)C(=O)N[C@H](Cc1ccc(C(F)(F)F)cc1)C(=O)N[C@@H](CC(C)C)C(=O)N[C@@H](CCCN=C(N)N)C(=O)N1CCC[C@H]1C(=O)NCC(N)=O. The molecular weight excluding hydrogens is 1320 g/mol. The van der Waals surface area contributed by atoms with E-state index in [0.717, 1.165) is 31.2 Å². The Balaban J connectivity index is 1.31. The molecule has 2 aromatic heterocycles. The van der Waals surface area contributed by atoms with Crippen molar-refractivity contribution in [3.8, 4) is 5.75 Å². The van der Waals surface area contributed by atoms with Gasteiger partial charge in [-0.1, -0.05) is 56.3 Å². The number of likely N-dealkylation sites (tertiary alicyclic amines) is 1.